The number of nitrogens with zero attached hydrogens (tertiary/aromatic N) is 2. The fraction of sp³-hybridized carbons (Fsp3) is 0.562. The van der Waals surface area contributed by atoms with Crippen LogP contribution in [0.4, 0.5) is 29.3 Å². The van der Waals surface area contributed by atoms with Crippen LogP contribution in [0.25, 0.3) is 0 Å². The van der Waals surface area contributed by atoms with E-state index in [2.05, 4.69) is 5.32 Å². The molecule has 0 bridgehead atoms. The molecule has 2 heterocycles. The Morgan fingerprint density at radius 2 is 1.61 bits per heavy atom. The van der Waals surface area contributed by atoms with Crippen LogP contribution >= 0.6 is 0 Å². The highest BCUT2D eigenvalue weighted by Crippen LogP contribution is 2.36. The molecular formula is C16H20F3N3O. The van der Waals surface area contributed by atoms with E-state index in [1.165, 1.54) is 6.07 Å². The number of urea groups is 1. The average Bonchev–Trinajstić information content (AvgIpc) is 3.20. The Labute approximate surface area is 133 Å². The smallest absolute Gasteiger partial charge is 0.370 e. The van der Waals surface area contributed by atoms with Gasteiger partial charge in [-0.2, -0.15) is 13.2 Å². The number of hydrogen-bond acceptors (Lipinski definition) is 2. The van der Waals surface area contributed by atoms with Crippen LogP contribution in [0, 0.1) is 0 Å². The largest absolute Gasteiger partial charge is 0.416 e. The minimum Gasteiger partial charge on any atom is -0.370 e. The van der Waals surface area contributed by atoms with Crippen LogP contribution in [0.1, 0.15) is 31.2 Å². The van der Waals surface area contributed by atoms with Crippen LogP contribution in [-0.4, -0.2) is 37.1 Å². The minimum absolute atomic E-state index is 0.249. The number of hydrogen-bond donors (Lipinski definition) is 1. The lowest BCUT2D eigenvalue weighted by Gasteiger charge is -2.24. The van der Waals surface area contributed by atoms with Crippen LogP contribution in [0.2, 0.25) is 0 Å². The van der Waals surface area contributed by atoms with E-state index in [-0.39, 0.29) is 11.7 Å². The van der Waals surface area contributed by atoms with Gasteiger partial charge in [-0.25, -0.2) is 4.79 Å². The monoisotopic (exact) mass is 327 g/mol. The maximum Gasteiger partial charge on any atom is 0.416 e. The molecule has 1 aromatic rings. The summed E-state index contributed by atoms with van der Waals surface area (Å²) in [5.74, 6) is 0. The van der Waals surface area contributed by atoms with Gasteiger partial charge in [-0.1, -0.05) is 0 Å². The maximum atomic E-state index is 13.0. The summed E-state index contributed by atoms with van der Waals surface area (Å²) in [7, 11) is 0. The number of amides is 2. The number of rotatable bonds is 2. The summed E-state index contributed by atoms with van der Waals surface area (Å²) in [6.45, 7) is 2.92. The van der Waals surface area contributed by atoms with Crippen LogP contribution in [0.3, 0.4) is 0 Å². The number of nitrogens with one attached hydrogen (secondary N) is 1. The van der Waals surface area contributed by atoms with Gasteiger partial charge >= 0.3 is 12.2 Å². The summed E-state index contributed by atoms with van der Waals surface area (Å²) in [4.78, 5) is 15.9. The van der Waals surface area contributed by atoms with Crippen molar-refractivity contribution in [3.8, 4) is 0 Å². The Hall–Kier alpha value is -1.92. The number of carbonyl (C=O) groups excluding carboxylic acids is 1. The summed E-state index contributed by atoms with van der Waals surface area (Å²) in [6.07, 6.45) is -0.512. The third-order valence-electron chi connectivity index (χ3n) is 4.41. The van der Waals surface area contributed by atoms with Gasteiger partial charge < -0.3 is 15.1 Å². The number of halogens is 3. The van der Waals surface area contributed by atoms with Crippen LogP contribution < -0.4 is 10.2 Å². The molecule has 1 aromatic carbocycles. The van der Waals surface area contributed by atoms with Gasteiger partial charge in [0, 0.05) is 26.2 Å². The van der Waals surface area contributed by atoms with E-state index in [9.17, 15) is 18.0 Å². The zero-order valence-corrected chi connectivity index (χ0v) is 12.8. The Balaban J connectivity index is 1.88. The molecule has 0 aromatic heterocycles. The van der Waals surface area contributed by atoms with E-state index in [1.807, 2.05) is 4.90 Å². The van der Waals surface area contributed by atoms with Crippen molar-refractivity contribution < 1.29 is 18.0 Å². The molecule has 0 saturated carbocycles. The molecule has 2 aliphatic heterocycles. The fourth-order valence-corrected chi connectivity index (χ4v) is 3.16. The van der Waals surface area contributed by atoms with Gasteiger partial charge in [0.25, 0.3) is 0 Å². The molecule has 2 aliphatic rings. The Kier molecular flexibility index (Phi) is 4.37. The quantitative estimate of drug-likeness (QED) is 0.893. The van der Waals surface area contributed by atoms with E-state index in [0.29, 0.717) is 18.8 Å². The average molecular weight is 327 g/mol. The predicted octanol–water partition coefficient (Wildman–Crippen LogP) is 3.93. The summed E-state index contributed by atoms with van der Waals surface area (Å²) in [5, 5.41) is 2.69. The molecule has 0 unspecified atom stereocenters. The minimum atomic E-state index is -4.42. The van der Waals surface area contributed by atoms with Crippen molar-refractivity contribution in [3.63, 3.8) is 0 Å². The predicted molar refractivity (Wildman–Crippen MR) is 82.7 cm³/mol. The van der Waals surface area contributed by atoms with E-state index >= 15 is 0 Å². The second kappa shape index (κ2) is 6.29. The van der Waals surface area contributed by atoms with Crippen LogP contribution in [0.15, 0.2) is 18.2 Å². The highest BCUT2D eigenvalue weighted by Gasteiger charge is 2.32. The molecule has 23 heavy (non-hydrogen) atoms. The Bertz CT molecular complexity index is 576. The summed E-state index contributed by atoms with van der Waals surface area (Å²) in [5.41, 5.74) is 0.179. The topological polar surface area (TPSA) is 35.6 Å². The van der Waals surface area contributed by atoms with Crippen molar-refractivity contribution in [2.24, 2.45) is 0 Å². The second-order valence-corrected chi connectivity index (χ2v) is 6.05. The van der Waals surface area contributed by atoms with Crippen molar-refractivity contribution >= 4 is 17.4 Å². The molecule has 126 valence electrons. The first-order valence-electron chi connectivity index (χ1n) is 7.97. The third kappa shape index (κ3) is 3.54. The molecule has 0 spiro atoms. The fourth-order valence-electron chi connectivity index (χ4n) is 3.16. The number of anilines is 2. The second-order valence-electron chi connectivity index (χ2n) is 6.05. The summed E-state index contributed by atoms with van der Waals surface area (Å²) in [6, 6.07) is 3.27. The van der Waals surface area contributed by atoms with Gasteiger partial charge in [0.1, 0.15) is 0 Å². The summed E-state index contributed by atoms with van der Waals surface area (Å²) >= 11 is 0. The summed E-state index contributed by atoms with van der Waals surface area (Å²) < 4.78 is 38.9. The van der Waals surface area contributed by atoms with Gasteiger partial charge in [0.05, 0.1) is 16.9 Å². The number of benzene rings is 1. The van der Waals surface area contributed by atoms with Gasteiger partial charge in [0.15, 0.2) is 0 Å². The van der Waals surface area contributed by atoms with Gasteiger partial charge in [-0.05, 0) is 43.9 Å². The highest BCUT2D eigenvalue weighted by atomic mass is 19.4. The van der Waals surface area contributed by atoms with E-state index < -0.39 is 11.7 Å². The van der Waals surface area contributed by atoms with Crippen molar-refractivity contribution in [2.75, 3.05) is 36.4 Å². The van der Waals surface area contributed by atoms with Crippen molar-refractivity contribution in [1.29, 1.82) is 0 Å². The SMILES string of the molecule is O=C(Nc1cc(C(F)(F)F)ccc1N1CCCC1)N1CCCC1. The molecule has 1 N–H and O–H groups in total. The molecule has 7 heteroatoms. The number of alkyl halides is 3. The zero-order chi connectivity index (χ0) is 16.4. The van der Waals surface area contributed by atoms with E-state index in [0.717, 1.165) is 50.9 Å². The number of carbonyl (C=O) groups is 1. The van der Waals surface area contributed by atoms with Crippen molar-refractivity contribution in [3.05, 3.63) is 23.8 Å². The molecular weight excluding hydrogens is 307 g/mol. The standard InChI is InChI=1S/C16H20F3N3O/c17-16(18,19)12-5-6-14(21-7-1-2-8-21)13(11-12)20-15(23)22-9-3-4-10-22/h5-6,11H,1-4,7-10H2,(H,20,23). The molecule has 4 nitrogen and oxygen atoms in total. The van der Waals surface area contributed by atoms with E-state index in [4.69, 9.17) is 0 Å². The molecule has 2 saturated heterocycles. The lowest BCUT2D eigenvalue weighted by Crippen LogP contribution is -2.33. The van der Waals surface area contributed by atoms with Crippen LogP contribution in [0.5, 0.6) is 0 Å². The highest BCUT2D eigenvalue weighted by molar-refractivity contribution is 5.93. The van der Waals surface area contributed by atoms with Crippen LogP contribution in [-0.2, 0) is 6.18 Å². The first-order valence-corrected chi connectivity index (χ1v) is 7.97. The maximum absolute atomic E-state index is 13.0. The Morgan fingerprint density at radius 1 is 1.00 bits per heavy atom. The lowest BCUT2D eigenvalue weighted by molar-refractivity contribution is -0.137. The molecule has 2 fully saturated rings. The lowest BCUT2D eigenvalue weighted by atomic mass is 10.1. The molecule has 0 aliphatic carbocycles. The zero-order valence-electron chi connectivity index (χ0n) is 12.8. The Morgan fingerprint density at radius 3 is 2.22 bits per heavy atom. The first-order chi connectivity index (χ1) is 10.9. The molecule has 3 rings (SSSR count). The molecule has 0 radical (unpaired) electrons. The normalized spacial score (nSPS) is 18.6. The van der Waals surface area contributed by atoms with Crippen molar-refractivity contribution in [2.45, 2.75) is 31.9 Å². The molecule has 2 amide bonds. The first kappa shape index (κ1) is 16.0. The van der Waals surface area contributed by atoms with E-state index in [1.54, 1.807) is 4.90 Å². The third-order valence-corrected chi connectivity index (χ3v) is 4.41. The van der Waals surface area contributed by atoms with Gasteiger partial charge in [0.2, 0.25) is 0 Å². The van der Waals surface area contributed by atoms with Gasteiger partial charge in [-0.15, -0.1) is 0 Å². The van der Waals surface area contributed by atoms with Crippen molar-refractivity contribution in [1.82, 2.24) is 4.90 Å². The van der Waals surface area contributed by atoms with Gasteiger partial charge in [-0.3, -0.25) is 0 Å². The number of likely N-dealkylation sites (tertiary alicyclic amines) is 1. The molecule has 0 atom stereocenters.